The number of aliphatic carboxylic acids is 1. The maximum atomic E-state index is 11.8. The summed E-state index contributed by atoms with van der Waals surface area (Å²) in [5, 5.41) is 12.0. The third-order valence-corrected chi connectivity index (χ3v) is 2.93. The highest BCUT2D eigenvalue weighted by atomic mass is 35.5. The zero-order valence-electron chi connectivity index (χ0n) is 10.2. The van der Waals surface area contributed by atoms with Gasteiger partial charge in [-0.25, -0.2) is 0 Å². The predicted octanol–water partition coefficient (Wildman–Crippen LogP) is 2.29. The fourth-order valence-electron chi connectivity index (χ4n) is 1.49. The summed E-state index contributed by atoms with van der Waals surface area (Å²) in [5.41, 5.74) is 1.48. The molecule has 0 radical (unpaired) electrons. The monoisotopic (exact) mass is 269 g/mol. The van der Waals surface area contributed by atoms with Crippen molar-refractivity contribution in [1.29, 1.82) is 0 Å². The van der Waals surface area contributed by atoms with Crippen molar-refractivity contribution in [2.24, 2.45) is 0 Å². The molecular formula is C13H16ClNO3. The summed E-state index contributed by atoms with van der Waals surface area (Å²) >= 11 is 5.88. The first-order chi connectivity index (χ1) is 8.50. The molecule has 1 aromatic carbocycles. The van der Waals surface area contributed by atoms with E-state index in [-0.39, 0.29) is 18.7 Å². The first kappa shape index (κ1) is 14.7. The Morgan fingerprint density at radius 2 is 2.11 bits per heavy atom. The highest BCUT2D eigenvalue weighted by molar-refractivity contribution is 6.31. The van der Waals surface area contributed by atoms with Gasteiger partial charge < -0.3 is 10.4 Å². The molecule has 0 unspecified atom stereocenters. The first-order valence-electron chi connectivity index (χ1n) is 5.72. The van der Waals surface area contributed by atoms with Crippen LogP contribution in [0.15, 0.2) is 18.2 Å². The minimum absolute atomic E-state index is 0.0231. The van der Waals surface area contributed by atoms with Crippen LogP contribution in [0.2, 0.25) is 5.02 Å². The molecule has 1 aromatic rings. The van der Waals surface area contributed by atoms with Gasteiger partial charge in [-0.15, -0.1) is 0 Å². The fourth-order valence-corrected chi connectivity index (χ4v) is 1.60. The highest BCUT2D eigenvalue weighted by Gasteiger charge is 2.06. The molecule has 0 aliphatic carbocycles. The molecule has 0 fully saturated rings. The number of hydrogen-bond acceptors (Lipinski definition) is 3. The Bertz CT molecular complexity index is 446. The molecule has 4 nitrogen and oxygen atoms in total. The van der Waals surface area contributed by atoms with Crippen LogP contribution in [0.3, 0.4) is 0 Å². The van der Waals surface area contributed by atoms with E-state index < -0.39 is 5.97 Å². The largest absolute Gasteiger partial charge is 0.481 e. The van der Waals surface area contributed by atoms with E-state index in [1.54, 1.807) is 18.2 Å². The van der Waals surface area contributed by atoms with Gasteiger partial charge in [-0.05, 0) is 43.7 Å². The zero-order chi connectivity index (χ0) is 13.5. The molecule has 0 atom stereocenters. The van der Waals surface area contributed by atoms with Gasteiger partial charge in [0.05, 0.1) is 6.54 Å². The summed E-state index contributed by atoms with van der Waals surface area (Å²) in [5.74, 6) is -0.846. The number of halogens is 1. The lowest BCUT2D eigenvalue weighted by molar-refractivity contribution is -0.137. The third kappa shape index (κ3) is 4.85. The second kappa shape index (κ2) is 7.13. The van der Waals surface area contributed by atoms with Crippen molar-refractivity contribution >= 4 is 23.4 Å². The van der Waals surface area contributed by atoms with E-state index in [1.807, 2.05) is 6.92 Å². The second-order valence-corrected chi connectivity index (χ2v) is 4.47. The number of aryl methyl sites for hydroxylation is 1. The molecule has 0 aromatic heterocycles. The van der Waals surface area contributed by atoms with E-state index in [0.29, 0.717) is 23.6 Å². The van der Waals surface area contributed by atoms with Crippen molar-refractivity contribution in [1.82, 2.24) is 5.32 Å². The summed E-state index contributed by atoms with van der Waals surface area (Å²) in [6.45, 7) is 2.57. The maximum absolute atomic E-state index is 11.8. The lowest BCUT2D eigenvalue weighted by Crippen LogP contribution is -2.24. The molecule has 0 spiro atoms. The number of hydrogen-bond donors (Lipinski definition) is 2. The Morgan fingerprint density at radius 1 is 1.39 bits per heavy atom. The molecule has 0 saturated heterocycles. The molecule has 98 valence electrons. The van der Waals surface area contributed by atoms with Crippen LogP contribution in [0.4, 0.5) is 0 Å². The quantitative estimate of drug-likeness (QED) is 0.589. The molecule has 0 aliphatic rings. The number of ketones is 1. The Morgan fingerprint density at radius 3 is 2.72 bits per heavy atom. The number of benzene rings is 1. The van der Waals surface area contributed by atoms with Gasteiger partial charge in [-0.1, -0.05) is 11.6 Å². The number of carbonyl (C=O) groups is 2. The molecular weight excluding hydrogens is 254 g/mol. The maximum Gasteiger partial charge on any atom is 0.303 e. The number of rotatable bonds is 7. The number of Topliss-reactive ketones (excluding diaryl/α,β-unsaturated/α-hetero) is 1. The van der Waals surface area contributed by atoms with Crippen LogP contribution in [0.5, 0.6) is 0 Å². The van der Waals surface area contributed by atoms with Crippen LogP contribution in [0, 0.1) is 6.92 Å². The normalized spacial score (nSPS) is 10.3. The SMILES string of the molecule is Cc1cc(C(=O)CNCCCC(=O)O)ccc1Cl. The second-order valence-electron chi connectivity index (χ2n) is 4.06. The van der Waals surface area contributed by atoms with Gasteiger partial charge in [-0.3, -0.25) is 9.59 Å². The lowest BCUT2D eigenvalue weighted by atomic mass is 10.1. The van der Waals surface area contributed by atoms with E-state index in [2.05, 4.69) is 5.32 Å². The van der Waals surface area contributed by atoms with Crippen LogP contribution in [0.1, 0.15) is 28.8 Å². The molecule has 0 saturated carbocycles. The summed E-state index contributed by atoms with van der Waals surface area (Å²) in [6, 6.07) is 5.15. The standard InChI is InChI=1S/C13H16ClNO3/c1-9-7-10(4-5-11(9)14)12(16)8-15-6-2-3-13(17)18/h4-5,7,15H,2-3,6,8H2,1H3,(H,17,18). The Kier molecular flexibility index (Phi) is 5.82. The smallest absolute Gasteiger partial charge is 0.303 e. The Balaban J connectivity index is 2.36. The summed E-state index contributed by atoms with van der Waals surface area (Å²) < 4.78 is 0. The fraction of sp³-hybridized carbons (Fsp3) is 0.385. The van der Waals surface area contributed by atoms with Gasteiger partial charge in [-0.2, -0.15) is 0 Å². The van der Waals surface area contributed by atoms with Crippen molar-refractivity contribution in [3.63, 3.8) is 0 Å². The minimum atomic E-state index is -0.823. The average Bonchev–Trinajstić information content (AvgIpc) is 2.31. The van der Waals surface area contributed by atoms with Crippen molar-refractivity contribution in [2.75, 3.05) is 13.1 Å². The number of carboxylic acids is 1. The van der Waals surface area contributed by atoms with E-state index >= 15 is 0 Å². The van der Waals surface area contributed by atoms with Crippen LogP contribution in [-0.4, -0.2) is 29.9 Å². The van der Waals surface area contributed by atoms with E-state index in [1.165, 1.54) is 0 Å². The van der Waals surface area contributed by atoms with E-state index in [0.717, 1.165) is 5.56 Å². The summed E-state index contributed by atoms with van der Waals surface area (Å²) in [6.07, 6.45) is 0.628. The number of carboxylic acid groups (broad SMARTS) is 1. The molecule has 0 aliphatic heterocycles. The number of nitrogens with one attached hydrogen (secondary N) is 1. The van der Waals surface area contributed by atoms with Crippen LogP contribution < -0.4 is 5.32 Å². The average molecular weight is 270 g/mol. The lowest BCUT2D eigenvalue weighted by Gasteiger charge is -2.05. The predicted molar refractivity (Wildman–Crippen MR) is 70.3 cm³/mol. The third-order valence-electron chi connectivity index (χ3n) is 2.51. The molecule has 0 bridgehead atoms. The Labute approximate surface area is 111 Å². The molecule has 5 heteroatoms. The minimum Gasteiger partial charge on any atom is -0.481 e. The Hall–Kier alpha value is -1.39. The van der Waals surface area contributed by atoms with Crippen molar-refractivity contribution in [3.05, 3.63) is 34.3 Å². The van der Waals surface area contributed by atoms with E-state index in [4.69, 9.17) is 16.7 Å². The van der Waals surface area contributed by atoms with Gasteiger partial charge in [0.25, 0.3) is 0 Å². The summed E-state index contributed by atoms with van der Waals surface area (Å²) in [7, 11) is 0. The summed E-state index contributed by atoms with van der Waals surface area (Å²) in [4.78, 5) is 22.1. The first-order valence-corrected chi connectivity index (χ1v) is 6.10. The zero-order valence-corrected chi connectivity index (χ0v) is 11.0. The van der Waals surface area contributed by atoms with Crippen LogP contribution in [-0.2, 0) is 4.79 Å². The molecule has 0 heterocycles. The topological polar surface area (TPSA) is 66.4 Å². The van der Waals surface area contributed by atoms with Gasteiger partial charge in [0.1, 0.15) is 0 Å². The van der Waals surface area contributed by atoms with Gasteiger partial charge in [0, 0.05) is 17.0 Å². The highest BCUT2D eigenvalue weighted by Crippen LogP contribution is 2.16. The molecule has 2 N–H and O–H groups in total. The van der Waals surface area contributed by atoms with Crippen molar-refractivity contribution in [3.8, 4) is 0 Å². The van der Waals surface area contributed by atoms with Crippen LogP contribution in [0.25, 0.3) is 0 Å². The molecule has 0 amide bonds. The molecule has 1 rings (SSSR count). The van der Waals surface area contributed by atoms with Gasteiger partial charge in [0.2, 0.25) is 0 Å². The van der Waals surface area contributed by atoms with Crippen molar-refractivity contribution in [2.45, 2.75) is 19.8 Å². The van der Waals surface area contributed by atoms with E-state index in [9.17, 15) is 9.59 Å². The van der Waals surface area contributed by atoms with Crippen LogP contribution >= 0.6 is 11.6 Å². The number of carbonyl (C=O) groups excluding carboxylic acids is 1. The van der Waals surface area contributed by atoms with Crippen molar-refractivity contribution < 1.29 is 14.7 Å². The van der Waals surface area contributed by atoms with Gasteiger partial charge in [0.15, 0.2) is 5.78 Å². The molecule has 18 heavy (non-hydrogen) atoms. The van der Waals surface area contributed by atoms with Gasteiger partial charge >= 0.3 is 5.97 Å².